The molecule has 2 aromatic rings. The number of carbonyl (C=O) groups excluding carboxylic acids is 1. The lowest BCUT2D eigenvalue weighted by atomic mass is 10.2. The summed E-state index contributed by atoms with van der Waals surface area (Å²) in [5.74, 6) is 0.542. The van der Waals surface area contributed by atoms with Crippen LogP contribution in [0.25, 0.3) is 0 Å². The van der Waals surface area contributed by atoms with Crippen LogP contribution in [0.3, 0.4) is 0 Å². The lowest BCUT2D eigenvalue weighted by molar-refractivity contribution is -0.133. The Morgan fingerprint density at radius 3 is 2.71 bits per heavy atom. The zero-order valence-corrected chi connectivity index (χ0v) is 12.0. The number of carbonyl (C=O) groups is 1. The van der Waals surface area contributed by atoms with Crippen molar-refractivity contribution < 1.29 is 9.53 Å². The van der Waals surface area contributed by atoms with E-state index >= 15 is 0 Å². The van der Waals surface area contributed by atoms with Crippen molar-refractivity contribution in [3.8, 4) is 5.75 Å². The maximum absolute atomic E-state index is 12.2. The van der Waals surface area contributed by atoms with Gasteiger partial charge in [0, 0.05) is 37.2 Å². The summed E-state index contributed by atoms with van der Waals surface area (Å²) in [6.07, 6.45) is 3.44. The Bertz CT molecular complexity index is 587. The van der Waals surface area contributed by atoms with E-state index in [1.165, 1.54) is 0 Å². The van der Waals surface area contributed by atoms with Crippen LogP contribution in [0.5, 0.6) is 5.75 Å². The first-order valence-electron chi connectivity index (χ1n) is 6.84. The third-order valence-electron chi connectivity index (χ3n) is 3.08. The quantitative estimate of drug-likeness (QED) is 0.825. The SMILES string of the molecule is CCN(Cc1ccncc1)C(=O)COc1cccc(N)c1. The predicted molar refractivity (Wildman–Crippen MR) is 81.7 cm³/mol. The average Bonchev–Trinajstić information content (AvgIpc) is 2.51. The molecule has 1 heterocycles. The Hall–Kier alpha value is -2.56. The fraction of sp³-hybridized carbons (Fsp3) is 0.250. The van der Waals surface area contributed by atoms with Gasteiger partial charge in [-0.1, -0.05) is 6.07 Å². The maximum atomic E-state index is 12.2. The fourth-order valence-electron chi connectivity index (χ4n) is 1.93. The van der Waals surface area contributed by atoms with Gasteiger partial charge in [0.15, 0.2) is 6.61 Å². The second kappa shape index (κ2) is 7.28. The molecule has 0 saturated heterocycles. The lowest BCUT2D eigenvalue weighted by Crippen LogP contribution is -2.34. The molecule has 0 spiro atoms. The van der Waals surface area contributed by atoms with Gasteiger partial charge in [0.25, 0.3) is 5.91 Å². The minimum absolute atomic E-state index is 0.00236. The van der Waals surface area contributed by atoms with Crippen LogP contribution in [0.2, 0.25) is 0 Å². The summed E-state index contributed by atoms with van der Waals surface area (Å²) < 4.78 is 5.49. The number of nitrogens with two attached hydrogens (primary N) is 1. The molecule has 21 heavy (non-hydrogen) atoms. The van der Waals surface area contributed by atoms with Gasteiger partial charge in [-0.3, -0.25) is 9.78 Å². The molecule has 0 aliphatic heterocycles. The number of likely N-dealkylation sites (N-methyl/N-ethyl adjacent to an activating group) is 1. The van der Waals surface area contributed by atoms with Crippen molar-refractivity contribution in [2.24, 2.45) is 0 Å². The molecule has 1 aromatic heterocycles. The first kappa shape index (κ1) is 14.8. The fourth-order valence-corrected chi connectivity index (χ4v) is 1.93. The first-order chi connectivity index (χ1) is 10.2. The van der Waals surface area contributed by atoms with Crippen molar-refractivity contribution in [1.29, 1.82) is 0 Å². The van der Waals surface area contributed by atoms with E-state index < -0.39 is 0 Å². The molecule has 110 valence electrons. The van der Waals surface area contributed by atoms with Crippen LogP contribution in [0.1, 0.15) is 12.5 Å². The van der Waals surface area contributed by atoms with Crippen molar-refractivity contribution in [3.63, 3.8) is 0 Å². The maximum Gasteiger partial charge on any atom is 0.260 e. The summed E-state index contributed by atoms with van der Waals surface area (Å²) in [7, 11) is 0. The van der Waals surface area contributed by atoms with Crippen molar-refractivity contribution in [3.05, 3.63) is 54.4 Å². The lowest BCUT2D eigenvalue weighted by Gasteiger charge is -2.21. The summed E-state index contributed by atoms with van der Waals surface area (Å²) >= 11 is 0. The first-order valence-corrected chi connectivity index (χ1v) is 6.84. The number of nitrogen functional groups attached to an aromatic ring is 1. The highest BCUT2D eigenvalue weighted by atomic mass is 16.5. The van der Waals surface area contributed by atoms with Gasteiger partial charge in [-0.05, 0) is 36.8 Å². The zero-order chi connectivity index (χ0) is 15.1. The smallest absolute Gasteiger partial charge is 0.260 e. The third-order valence-corrected chi connectivity index (χ3v) is 3.08. The molecular weight excluding hydrogens is 266 g/mol. The molecule has 0 radical (unpaired) electrons. The van der Waals surface area contributed by atoms with Crippen molar-refractivity contribution in [2.75, 3.05) is 18.9 Å². The minimum Gasteiger partial charge on any atom is -0.484 e. The number of aromatic nitrogens is 1. The molecule has 0 fully saturated rings. The monoisotopic (exact) mass is 285 g/mol. The zero-order valence-electron chi connectivity index (χ0n) is 12.0. The van der Waals surface area contributed by atoms with Gasteiger partial charge >= 0.3 is 0 Å². The number of hydrogen-bond acceptors (Lipinski definition) is 4. The van der Waals surface area contributed by atoms with Crippen molar-refractivity contribution in [2.45, 2.75) is 13.5 Å². The topological polar surface area (TPSA) is 68.5 Å². The van der Waals surface area contributed by atoms with E-state index in [-0.39, 0.29) is 12.5 Å². The Morgan fingerprint density at radius 1 is 1.29 bits per heavy atom. The number of benzene rings is 1. The van der Waals surface area contributed by atoms with Gasteiger partial charge in [-0.15, -0.1) is 0 Å². The van der Waals surface area contributed by atoms with E-state index in [0.29, 0.717) is 24.5 Å². The molecule has 1 aromatic carbocycles. The van der Waals surface area contributed by atoms with E-state index in [1.54, 1.807) is 41.6 Å². The average molecular weight is 285 g/mol. The number of pyridine rings is 1. The molecule has 2 N–H and O–H groups in total. The van der Waals surface area contributed by atoms with E-state index in [4.69, 9.17) is 10.5 Å². The van der Waals surface area contributed by atoms with Crippen LogP contribution in [0.15, 0.2) is 48.8 Å². The Morgan fingerprint density at radius 2 is 2.05 bits per heavy atom. The van der Waals surface area contributed by atoms with Crippen LogP contribution >= 0.6 is 0 Å². The van der Waals surface area contributed by atoms with Crippen LogP contribution in [0.4, 0.5) is 5.69 Å². The Labute approximate surface area is 124 Å². The van der Waals surface area contributed by atoms with E-state index in [9.17, 15) is 4.79 Å². The summed E-state index contributed by atoms with van der Waals surface area (Å²) in [5, 5.41) is 0. The number of hydrogen-bond donors (Lipinski definition) is 1. The molecule has 1 amide bonds. The van der Waals surface area contributed by atoms with E-state index in [2.05, 4.69) is 4.98 Å². The molecule has 5 heteroatoms. The number of anilines is 1. The number of amides is 1. The standard InChI is InChI=1S/C16H19N3O2/c1-2-19(11-13-6-8-18-9-7-13)16(20)12-21-15-5-3-4-14(17)10-15/h3-10H,2,11-12,17H2,1H3. The Kier molecular flexibility index (Phi) is 5.15. The van der Waals surface area contributed by atoms with Gasteiger partial charge in [-0.2, -0.15) is 0 Å². The highest BCUT2D eigenvalue weighted by Gasteiger charge is 2.13. The molecule has 0 saturated carbocycles. The summed E-state index contributed by atoms with van der Waals surface area (Å²) in [4.78, 5) is 17.9. The molecule has 2 rings (SSSR count). The Balaban J connectivity index is 1.91. The van der Waals surface area contributed by atoms with Crippen LogP contribution < -0.4 is 10.5 Å². The summed E-state index contributed by atoms with van der Waals surface area (Å²) in [5.41, 5.74) is 7.33. The number of nitrogens with zero attached hydrogens (tertiary/aromatic N) is 2. The van der Waals surface area contributed by atoms with Crippen LogP contribution in [-0.4, -0.2) is 28.9 Å². The second-order valence-electron chi connectivity index (χ2n) is 4.62. The van der Waals surface area contributed by atoms with Crippen LogP contribution in [-0.2, 0) is 11.3 Å². The highest BCUT2D eigenvalue weighted by Crippen LogP contribution is 2.14. The third kappa shape index (κ3) is 4.49. The summed E-state index contributed by atoms with van der Waals surface area (Å²) in [6, 6.07) is 10.8. The molecule has 0 bridgehead atoms. The van der Waals surface area contributed by atoms with Gasteiger partial charge in [0.2, 0.25) is 0 Å². The number of ether oxygens (including phenoxy) is 1. The largest absolute Gasteiger partial charge is 0.484 e. The van der Waals surface area contributed by atoms with Gasteiger partial charge in [-0.25, -0.2) is 0 Å². The van der Waals surface area contributed by atoms with Gasteiger partial charge in [0.1, 0.15) is 5.75 Å². The molecule has 0 aliphatic carbocycles. The molecule has 0 atom stereocenters. The van der Waals surface area contributed by atoms with E-state index in [1.807, 2.05) is 19.1 Å². The molecule has 5 nitrogen and oxygen atoms in total. The van der Waals surface area contributed by atoms with Gasteiger partial charge in [0.05, 0.1) is 0 Å². The highest BCUT2D eigenvalue weighted by molar-refractivity contribution is 5.77. The minimum atomic E-state index is -0.0586. The molecule has 0 unspecified atom stereocenters. The predicted octanol–water partition coefficient (Wildman–Crippen LogP) is 2.09. The molecular formula is C16H19N3O2. The molecule has 0 aliphatic rings. The van der Waals surface area contributed by atoms with Crippen molar-refractivity contribution in [1.82, 2.24) is 9.88 Å². The van der Waals surface area contributed by atoms with Crippen molar-refractivity contribution >= 4 is 11.6 Å². The normalized spacial score (nSPS) is 10.1. The summed E-state index contributed by atoms with van der Waals surface area (Å²) in [6.45, 7) is 3.13. The second-order valence-corrected chi connectivity index (χ2v) is 4.62. The van der Waals surface area contributed by atoms with Crippen LogP contribution in [0, 0.1) is 0 Å². The van der Waals surface area contributed by atoms with Gasteiger partial charge < -0.3 is 15.4 Å². The van der Waals surface area contributed by atoms with E-state index in [0.717, 1.165) is 5.56 Å². The number of rotatable bonds is 6.